The summed E-state index contributed by atoms with van der Waals surface area (Å²) in [5.74, 6) is 0.555. The summed E-state index contributed by atoms with van der Waals surface area (Å²) in [7, 11) is 1.58. The summed E-state index contributed by atoms with van der Waals surface area (Å²) in [5.41, 5.74) is 7.36. The topological polar surface area (TPSA) is 56.3 Å². The molecular weight excluding hydrogens is 321 g/mol. The van der Waals surface area contributed by atoms with E-state index in [-0.39, 0.29) is 24.3 Å². The monoisotopic (exact) mass is 342 g/mol. The van der Waals surface area contributed by atoms with Crippen LogP contribution < -0.4 is 10.5 Å². The summed E-state index contributed by atoms with van der Waals surface area (Å²) in [4.78, 5) is 2.12. The molecule has 1 aliphatic heterocycles. The minimum Gasteiger partial charge on any atom is -0.468 e. The lowest BCUT2D eigenvalue weighted by Crippen LogP contribution is -2.28. The van der Waals surface area contributed by atoms with Crippen molar-refractivity contribution < 1.29 is 17.9 Å². The molecule has 1 aromatic rings. The number of aryl methyl sites for hydroxylation is 2. The fraction of sp³-hybridized carbons (Fsp3) is 0.769. The molecule has 9 heteroatoms. The van der Waals surface area contributed by atoms with Crippen LogP contribution in [0, 0.1) is 12.8 Å². The van der Waals surface area contributed by atoms with Gasteiger partial charge in [-0.15, -0.1) is 12.4 Å². The Bertz CT molecular complexity index is 496. The van der Waals surface area contributed by atoms with Crippen molar-refractivity contribution in [2.75, 3.05) is 19.7 Å². The Kier molecular flexibility index (Phi) is 6.11. The third-order valence-corrected chi connectivity index (χ3v) is 3.79. The van der Waals surface area contributed by atoms with Crippen LogP contribution in [0.15, 0.2) is 0 Å². The zero-order chi connectivity index (χ0) is 15.8. The van der Waals surface area contributed by atoms with Gasteiger partial charge in [0.1, 0.15) is 0 Å². The molecule has 0 saturated carbocycles. The molecule has 5 nitrogen and oxygen atoms in total. The second-order valence-electron chi connectivity index (χ2n) is 5.73. The molecule has 0 aromatic carbocycles. The summed E-state index contributed by atoms with van der Waals surface area (Å²) in [6.07, 6.45) is -4.36. The van der Waals surface area contributed by atoms with E-state index in [9.17, 15) is 13.2 Å². The van der Waals surface area contributed by atoms with Gasteiger partial charge in [0.25, 0.3) is 0 Å². The molecule has 2 atom stereocenters. The summed E-state index contributed by atoms with van der Waals surface area (Å²) in [5, 5.41) is 4.16. The number of halogens is 4. The van der Waals surface area contributed by atoms with Crippen molar-refractivity contribution >= 4 is 12.4 Å². The fourth-order valence-electron chi connectivity index (χ4n) is 2.64. The van der Waals surface area contributed by atoms with Crippen LogP contribution in [0.1, 0.15) is 18.2 Å². The van der Waals surface area contributed by atoms with E-state index in [1.54, 1.807) is 14.0 Å². The van der Waals surface area contributed by atoms with Crippen LogP contribution in [0.4, 0.5) is 13.2 Å². The maximum atomic E-state index is 12.3. The molecule has 1 saturated heterocycles. The van der Waals surface area contributed by atoms with Crippen LogP contribution in [0.25, 0.3) is 0 Å². The van der Waals surface area contributed by atoms with Crippen LogP contribution >= 0.6 is 12.4 Å². The normalized spacial score (nSPS) is 22.7. The summed E-state index contributed by atoms with van der Waals surface area (Å²) >= 11 is 0. The lowest BCUT2D eigenvalue weighted by Gasteiger charge is -2.17. The number of hydrogen-bond acceptors (Lipinski definition) is 4. The lowest BCUT2D eigenvalue weighted by atomic mass is 10.1. The van der Waals surface area contributed by atoms with Gasteiger partial charge in [-0.25, -0.2) is 4.68 Å². The molecule has 0 amide bonds. The Morgan fingerprint density at radius 1 is 1.36 bits per heavy atom. The van der Waals surface area contributed by atoms with Gasteiger partial charge in [0.15, 0.2) is 6.61 Å². The van der Waals surface area contributed by atoms with E-state index in [1.807, 2.05) is 0 Å². The van der Waals surface area contributed by atoms with Crippen molar-refractivity contribution in [2.24, 2.45) is 18.7 Å². The van der Waals surface area contributed by atoms with Gasteiger partial charge >= 0.3 is 6.18 Å². The highest BCUT2D eigenvalue weighted by atomic mass is 35.5. The first kappa shape index (κ1) is 19.1. The molecule has 0 aliphatic carbocycles. The van der Waals surface area contributed by atoms with Crippen molar-refractivity contribution in [1.29, 1.82) is 0 Å². The van der Waals surface area contributed by atoms with Crippen molar-refractivity contribution in [3.63, 3.8) is 0 Å². The maximum Gasteiger partial charge on any atom is 0.422 e. The van der Waals surface area contributed by atoms with Gasteiger partial charge in [0.2, 0.25) is 5.88 Å². The van der Waals surface area contributed by atoms with E-state index >= 15 is 0 Å². The number of aromatic nitrogens is 2. The van der Waals surface area contributed by atoms with Crippen LogP contribution in [-0.2, 0) is 13.6 Å². The number of nitrogens with two attached hydrogens (primary N) is 1. The van der Waals surface area contributed by atoms with Gasteiger partial charge in [-0.05, 0) is 12.8 Å². The molecule has 2 heterocycles. The minimum absolute atomic E-state index is 0. The van der Waals surface area contributed by atoms with E-state index in [4.69, 9.17) is 10.5 Å². The molecular formula is C13H22ClF3N4O. The fourth-order valence-corrected chi connectivity index (χ4v) is 2.64. The van der Waals surface area contributed by atoms with E-state index in [0.29, 0.717) is 23.7 Å². The number of likely N-dealkylation sites (tertiary alicyclic amines) is 1. The summed E-state index contributed by atoms with van der Waals surface area (Å²) < 4.78 is 43.3. The van der Waals surface area contributed by atoms with Crippen molar-refractivity contribution in [1.82, 2.24) is 14.7 Å². The number of rotatable bonds is 4. The molecule has 2 N–H and O–H groups in total. The van der Waals surface area contributed by atoms with Crippen molar-refractivity contribution in [3.05, 3.63) is 11.3 Å². The second kappa shape index (κ2) is 7.06. The summed E-state index contributed by atoms with van der Waals surface area (Å²) in [6.45, 7) is 4.60. The zero-order valence-electron chi connectivity index (χ0n) is 12.9. The second-order valence-corrected chi connectivity index (χ2v) is 5.73. The molecule has 22 heavy (non-hydrogen) atoms. The first-order valence-corrected chi connectivity index (χ1v) is 6.87. The van der Waals surface area contributed by atoms with Gasteiger partial charge in [-0.3, -0.25) is 4.90 Å². The average Bonchev–Trinajstić information content (AvgIpc) is 2.78. The van der Waals surface area contributed by atoms with Gasteiger partial charge in [-0.2, -0.15) is 18.3 Å². The number of nitrogens with zero attached hydrogens (tertiary/aromatic N) is 3. The van der Waals surface area contributed by atoms with Gasteiger partial charge < -0.3 is 10.5 Å². The smallest absolute Gasteiger partial charge is 0.422 e. The van der Waals surface area contributed by atoms with Crippen LogP contribution in [-0.4, -0.2) is 46.6 Å². The van der Waals surface area contributed by atoms with Gasteiger partial charge in [0, 0.05) is 32.7 Å². The standard InChI is InChI=1S/C13H21F3N4O.ClH/c1-8-4-20(6-11(8)17)5-10-9(2)18-19(3)12(10)21-7-13(14,15)16;/h8,11H,4-7,17H2,1-3H3;1H. The molecule has 0 spiro atoms. The zero-order valence-corrected chi connectivity index (χ0v) is 13.7. The van der Waals surface area contributed by atoms with Gasteiger partial charge in [-0.1, -0.05) is 6.92 Å². The Hall–Kier alpha value is -0.990. The first-order chi connectivity index (χ1) is 9.67. The van der Waals surface area contributed by atoms with E-state index in [1.165, 1.54) is 4.68 Å². The van der Waals surface area contributed by atoms with Gasteiger partial charge in [0.05, 0.1) is 11.3 Å². The Morgan fingerprint density at radius 3 is 2.50 bits per heavy atom. The van der Waals surface area contributed by atoms with Crippen LogP contribution in [0.5, 0.6) is 5.88 Å². The predicted molar refractivity (Wildman–Crippen MR) is 79.2 cm³/mol. The van der Waals surface area contributed by atoms with E-state index in [2.05, 4.69) is 16.9 Å². The third-order valence-electron chi connectivity index (χ3n) is 3.79. The van der Waals surface area contributed by atoms with Crippen molar-refractivity contribution in [2.45, 2.75) is 32.6 Å². The van der Waals surface area contributed by atoms with Crippen molar-refractivity contribution in [3.8, 4) is 5.88 Å². The lowest BCUT2D eigenvalue weighted by molar-refractivity contribution is -0.154. The number of alkyl halides is 3. The molecule has 0 bridgehead atoms. The minimum atomic E-state index is -4.36. The molecule has 2 rings (SSSR count). The Labute approximate surface area is 134 Å². The Balaban J connectivity index is 0.00000242. The Morgan fingerprint density at radius 2 is 2.00 bits per heavy atom. The maximum absolute atomic E-state index is 12.3. The predicted octanol–water partition coefficient (Wildman–Crippen LogP) is 1.87. The highest BCUT2D eigenvalue weighted by Gasteiger charge is 2.31. The molecule has 128 valence electrons. The molecule has 1 aliphatic rings. The quantitative estimate of drug-likeness (QED) is 0.907. The van der Waals surface area contributed by atoms with Crippen LogP contribution in [0.2, 0.25) is 0 Å². The first-order valence-electron chi connectivity index (χ1n) is 6.87. The number of ether oxygens (including phenoxy) is 1. The largest absolute Gasteiger partial charge is 0.468 e. The summed E-state index contributed by atoms with van der Waals surface area (Å²) in [6, 6.07) is 0.0986. The highest BCUT2D eigenvalue weighted by Crippen LogP contribution is 2.27. The molecule has 2 unspecified atom stereocenters. The van der Waals surface area contributed by atoms with Crippen LogP contribution in [0.3, 0.4) is 0 Å². The van der Waals surface area contributed by atoms with E-state index in [0.717, 1.165) is 13.1 Å². The molecule has 0 radical (unpaired) electrons. The molecule has 1 fully saturated rings. The average molecular weight is 343 g/mol. The number of hydrogen-bond donors (Lipinski definition) is 1. The van der Waals surface area contributed by atoms with E-state index < -0.39 is 12.8 Å². The molecule has 1 aromatic heterocycles. The third kappa shape index (κ3) is 4.50. The highest BCUT2D eigenvalue weighted by molar-refractivity contribution is 5.85. The SMILES string of the molecule is Cc1nn(C)c(OCC(F)(F)F)c1CN1CC(C)C(N)C1.Cl.